The third-order valence-corrected chi connectivity index (χ3v) is 5.90. The Bertz CT molecular complexity index is 721. The van der Waals surface area contributed by atoms with E-state index in [9.17, 15) is 14.4 Å². The highest BCUT2D eigenvalue weighted by Gasteiger charge is 2.42. The minimum Gasteiger partial charge on any atom is -0.459 e. The number of halogens is 1. The van der Waals surface area contributed by atoms with Crippen molar-refractivity contribution in [2.45, 2.75) is 83.8 Å². The first kappa shape index (κ1) is 24.8. The standard InChI is InChI=1S/C24H33FO6/c1-13(2)22(26)29-17-7-8-20(21(25)12-17)16-9-18(30-23(27)14(3)4)11-19(10-16)31-24(28)15(5)6/h16-21H,1,3,5,7-12H2,2,4,6H3/t16?,17?,18?,19?,20-,21?/m0/s1. The first-order valence-corrected chi connectivity index (χ1v) is 10.7. The van der Waals surface area contributed by atoms with Crippen LogP contribution in [0.25, 0.3) is 0 Å². The summed E-state index contributed by atoms with van der Waals surface area (Å²) in [4.78, 5) is 35.8. The normalized spacial score (nSPS) is 30.6. The van der Waals surface area contributed by atoms with Gasteiger partial charge in [0.1, 0.15) is 24.5 Å². The number of alkyl halides is 1. The van der Waals surface area contributed by atoms with Crippen LogP contribution in [0.1, 0.15) is 59.3 Å². The third kappa shape index (κ3) is 7.04. The number of rotatable bonds is 7. The van der Waals surface area contributed by atoms with Gasteiger partial charge in [-0.3, -0.25) is 0 Å². The summed E-state index contributed by atoms with van der Waals surface area (Å²) >= 11 is 0. The van der Waals surface area contributed by atoms with Crippen LogP contribution in [0.4, 0.5) is 4.39 Å². The van der Waals surface area contributed by atoms with Crippen molar-refractivity contribution in [2.24, 2.45) is 11.8 Å². The molecule has 0 aromatic heterocycles. The van der Waals surface area contributed by atoms with Gasteiger partial charge in [0, 0.05) is 29.6 Å². The molecule has 31 heavy (non-hydrogen) atoms. The minimum atomic E-state index is -1.17. The lowest BCUT2D eigenvalue weighted by Crippen LogP contribution is -2.43. The van der Waals surface area contributed by atoms with Gasteiger partial charge in [-0.25, -0.2) is 18.8 Å². The second kappa shape index (κ2) is 10.7. The molecule has 2 rings (SSSR count). The lowest BCUT2D eigenvalue weighted by molar-refractivity contribution is -0.158. The molecule has 6 nitrogen and oxygen atoms in total. The van der Waals surface area contributed by atoms with Gasteiger partial charge in [-0.05, 0) is 58.3 Å². The minimum absolute atomic E-state index is 0.118. The molecule has 0 heterocycles. The highest BCUT2D eigenvalue weighted by atomic mass is 19.1. The Morgan fingerprint density at radius 2 is 1.10 bits per heavy atom. The molecule has 0 saturated heterocycles. The van der Waals surface area contributed by atoms with Crippen molar-refractivity contribution >= 4 is 17.9 Å². The maximum atomic E-state index is 15.1. The SMILES string of the molecule is C=C(C)C(=O)OC1CC[C@@H](C2CC(OC(=O)C(=C)C)CC(OC(=O)C(=C)C)C2)C(F)C1. The van der Waals surface area contributed by atoms with Crippen molar-refractivity contribution in [3.63, 3.8) is 0 Å². The van der Waals surface area contributed by atoms with Crippen LogP contribution in [0.5, 0.6) is 0 Å². The van der Waals surface area contributed by atoms with E-state index in [4.69, 9.17) is 14.2 Å². The van der Waals surface area contributed by atoms with Crippen molar-refractivity contribution in [3.8, 4) is 0 Å². The van der Waals surface area contributed by atoms with Crippen LogP contribution in [-0.4, -0.2) is 42.4 Å². The van der Waals surface area contributed by atoms with E-state index in [-0.39, 0.29) is 35.0 Å². The van der Waals surface area contributed by atoms with Gasteiger partial charge in [0.2, 0.25) is 0 Å². The van der Waals surface area contributed by atoms with Crippen LogP contribution in [0.2, 0.25) is 0 Å². The fraction of sp³-hybridized carbons (Fsp3) is 0.625. The summed E-state index contributed by atoms with van der Waals surface area (Å²) in [6.07, 6.45) is -0.0981. The van der Waals surface area contributed by atoms with Crippen molar-refractivity contribution in [1.82, 2.24) is 0 Å². The molecule has 0 aromatic rings. The first-order valence-electron chi connectivity index (χ1n) is 10.7. The number of carbonyl (C=O) groups is 3. The van der Waals surface area contributed by atoms with E-state index in [1.54, 1.807) is 20.8 Å². The molecule has 0 N–H and O–H groups in total. The number of esters is 3. The van der Waals surface area contributed by atoms with Crippen LogP contribution in [0, 0.1) is 11.8 Å². The molecule has 5 atom stereocenters. The van der Waals surface area contributed by atoms with E-state index >= 15 is 4.39 Å². The topological polar surface area (TPSA) is 78.9 Å². The highest BCUT2D eigenvalue weighted by Crippen LogP contribution is 2.42. The Labute approximate surface area is 183 Å². The molecule has 0 amide bonds. The zero-order chi connectivity index (χ0) is 23.3. The maximum absolute atomic E-state index is 15.1. The number of hydrogen-bond donors (Lipinski definition) is 0. The van der Waals surface area contributed by atoms with Gasteiger partial charge in [0.25, 0.3) is 0 Å². The van der Waals surface area contributed by atoms with Crippen molar-refractivity contribution < 1.29 is 33.0 Å². The molecule has 172 valence electrons. The molecule has 2 saturated carbocycles. The average molecular weight is 437 g/mol. The molecule has 0 spiro atoms. The van der Waals surface area contributed by atoms with Crippen molar-refractivity contribution in [1.29, 1.82) is 0 Å². The molecule has 2 aliphatic rings. The molecule has 0 aromatic carbocycles. The molecule has 0 radical (unpaired) electrons. The molecule has 7 heteroatoms. The molecule has 2 fully saturated rings. The van der Waals surface area contributed by atoms with Crippen LogP contribution in [0.3, 0.4) is 0 Å². The quantitative estimate of drug-likeness (QED) is 0.335. The highest BCUT2D eigenvalue weighted by molar-refractivity contribution is 5.88. The fourth-order valence-corrected chi connectivity index (χ4v) is 4.30. The van der Waals surface area contributed by atoms with Crippen LogP contribution in [-0.2, 0) is 28.6 Å². The molecular formula is C24H33FO6. The van der Waals surface area contributed by atoms with E-state index < -0.39 is 42.4 Å². The average Bonchev–Trinajstić information content (AvgIpc) is 2.67. The Morgan fingerprint density at radius 3 is 1.48 bits per heavy atom. The first-order chi connectivity index (χ1) is 14.5. The lowest BCUT2D eigenvalue weighted by atomic mass is 9.70. The summed E-state index contributed by atoms with van der Waals surface area (Å²) in [6, 6.07) is 0. The second-order valence-electron chi connectivity index (χ2n) is 8.88. The van der Waals surface area contributed by atoms with E-state index in [0.29, 0.717) is 32.1 Å². The predicted molar refractivity (Wildman–Crippen MR) is 114 cm³/mol. The largest absolute Gasteiger partial charge is 0.459 e. The van der Waals surface area contributed by atoms with Gasteiger partial charge in [-0.2, -0.15) is 0 Å². The van der Waals surface area contributed by atoms with E-state index in [1.807, 2.05) is 0 Å². The second-order valence-corrected chi connectivity index (χ2v) is 8.88. The summed E-state index contributed by atoms with van der Waals surface area (Å²) in [7, 11) is 0. The Balaban J connectivity index is 2.07. The molecule has 0 bridgehead atoms. The molecule has 4 unspecified atom stereocenters. The monoisotopic (exact) mass is 436 g/mol. The molecular weight excluding hydrogens is 403 g/mol. The summed E-state index contributed by atoms with van der Waals surface area (Å²) in [5, 5.41) is 0. The summed E-state index contributed by atoms with van der Waals surface area (Å²) in [6.45, 7) is 15.4. The van der Waals surface area contributed by atoms with Crippen LogP contribution in [0.15, 0.2) is 36.5 Å². The summed E-state index contributed by atoms with van der Waals surface area (Å²) < 4.78 is 31.5. The third-order valence-electron chi connectivity index (χ3n) is 5.90. The maximum Gasteiger partial charge on any atom is 0.333 e. The molecule has 2 aliphatic carbocycles. The van der Waals surface area contributed by atoms with Crippen molar-refractivity contribution in [2.75, 3.05) is 0 Å². The van der Waals surface area contributed by atoms with Gasteiger partial charge < -0.3 is 14.2 Å². The van der Waals surface area contributed by atoms with Gasteiger partial charge in [0.15, 0.2) is 0 Å². The van der Waals surface area contributed by atoms with Crippen molar-refractivity contribution in [3.05, 3.63) is 36.5 Å². The molecule has 0 aliphatic heterocycles. The Hall–Kier alpha value is -2.44. The Kier molecular flexibility index (Phi) is 8.60. The Morgan fingerprint density at radius 1 is 0.677 bits per heavy atom. The van der Waals surface area contributed by atoms with E-state index in [0.717, 1.165) is 0 Å². The fourth-order valence-electron chi connectivity index (χ4n) is 4.30. The summed E-state index contributed by atoms with van der Waals surface area (Å²) in [5.74, 6) is -1.96. The van der Waals surface area contributed by atoms with Gasteiger partial charge in [-0.15, -0.1) is 0 Å². The van der Waals surface area contributed by atoms with Crippen LogP contribution >= 0.6 is 0 Å². The number of carbonyl (C=O) groups excluding carboxylic acids is 3. The zero-order valence-electron chi connectivity index (χ0n) is 18.7. The van der Waals surface area contributed by atoms with Gasteiger partial charge in [0.05, 0.1) is 0 Å². The van der Waals surface area contributed by atoms with E-state index in [2.05, 4.69) is 19.7 Å². The zero-order valence-corrected chi connectivity index (χ0v) is 18.7. The number of ether oxygens (including phenoxy) is 3. The smallest absolute Gasteiger partial charge is 0.333 e. The number of hydrogen-bond acceptors (Lipinski definition) is 6. The van der Waals surface area contributed by atoms with E-state index in [1.165, 1.54) is 0 Å². The van der Waals surface area contributed by atoms with Gasteiger partial charge in [-0.1, -0.05) is 19.7 Å². The predicted octanol–water partition coefficient (Wildman–Crippen LogP) is 4.39. The summed E-state index contributed by atoms with van der Waals surface area (Å²) in [5.41, 5.74) is 0.843. The lowest BCUT2D eigenvalue weighted by Gasteiger charge is -2.41. The van der Waals surface area contributed by atoms with Gasteiger partial charge >= 0.3 is 17.9 Å². The van der Waals surface area contributed by atoms with Crippen LogP contribution < -0.4 is 0 Å².